The first kappa shape index (κ1) is 15.0. The molecule has 0 saturated heterocycles. The Morgan fingerprint density at radius 3 is 2.62 bits per heavy atom. The molecule has 112 valence electrons. The van der Waals surface area contributed by atoms with Crippen LogP contribution in [0, 0.1) is 0 Å². The predicted molar refractivity (Wildman–Crippen MR) is 82.0 cm³/mol. The number of ether oxygens (including phenoxy) is 1. The maximum Gasteiger partial charge on any atom is 0.212 e. The zero-order valence-corrected chi connectivity index (χ0v) is 12.3. The molecule has 21 heavy (non-hydrogen) atoms. The van der Waals surface area contributed by atoms with E-state index in [0.29, 0.717) is 18.2 Å². The number of methoxy groups -OCH3 is 1. The molecule has 0 spiro atoms. The van der Waals surface area contributed by atoms with Gasteiger partial charge in [-0.1, -0.05) is 19.4 Å². The molecule has 0 aromatic carbocycles. The molecule has 0 fully saturated rings. The van der Waals surface area contributed by atoms with Gasteiger partial charge in [-0.15, -0.1) is 0 Å². The largest absolute Gasteiger partial charge is 0.481 e. The van der Waals surface area contributed by atoms with E-state index in [2.05, 4.69) is 32.6 Å². The molecule has 0 radical (unpaired) electrons. The fourth-order valence-electron chi connectivity index (χ4n) is 2.00. The minimum Gasteiger partial charge on any atom is -0.481 e. The summed E-state index contributed by atoms with van der Waals surface area (Å²) >= 11 is 0. The Kier molecular flexibility index (Phi) is 5.28. The van der Waals surface area contributed by atoms with Gasteiger partial charge in [0.05, 0.1) is 7.11 Å². The second-order valence-corrected chi connectivity index (χ2v) is 4.51. The van der Waals surface area contributed by atoms with Crippen LogP contribution in [0.2, 0.25) is 0 Å². The molecule has 7 heteroatoms. The Morgan fingerprint density at radius 1 is 1.19 bits per heavy atom. The lowest BCUT2D eigenvalue weighted by Crippen LogP contribution is -2.14. The van der Waals surface area contributed by atoms with Crippen LogP contribution in [0.5, 0.6) is 5.88 Å². The Hall–Kier alpha value is -2.41. The van der Waals surface area contributed by atoms with E-state index >= 15 is 0 Å². The highest BCUT2D eigenvalue weighted by Gasteiger charge is 2.09. The Morgan fingerprint density at radius 2 is 2.00 bits per heavy atom. The van der Waals surface area contributed by atoms with Gasteiger partial charge in [-0.05, 0) is 12.0 Å². The zero-order valence-electron chi connectivity index (χ0n) is 12.3. The van der Waals surface area contributed by atoms with Gasteiger partial charge in [0.2, 0.25) is 5.88 Å². The number of hydrogen-bond acceptors (Lipinski definition) is 7. The number of nitrogens with one attached hydrogen (secondary N) is 2. The van der Waals surface area contributed by atoms with Crippen molar-refractivity contribution in [1.29, 1.82) is 0 Å². The third-order valence-corrected chi connectivity index (χ3v) is 3.05. The van der Waals surface area contributed by atoms with Crippen molar-refractivity contribution in [3.05, 3.63) is 35.8 Å². The summed E-state index contributed by atoms with van der Waals surface area (Å²) in [6.45, 7) is 2.72. The van der Waals surface area contributed by atoms with Crippen LogP contribution in [0.3, 0.4) is 0 Å². The number of hydrazine groups is 1. The molecule has 0 bridgehead atoms. The molecule has 2 aromatic heterocycles. The second kappa shape index (κ2) is 7.39. The van der Waals surface area contributed by atoms with E-state index in [1.807, 2.05) is 12.1 Å². The van der Waals surface area contributed by atoms with Crippen molar-refractivity contribution in [2.24, 2.45) is 5.84 Å². The summed E-state index contributed by atoms with van der Waals surface area (Å²) in [5.41, 5.74) is 4.64. The maximum atomic E-state index is 5.50. The van der Waals surface area contributed by atoms with Gasteiger partial charge >= 0.3 is 0 Å². The molecule has 0 aliphatic rings. The lowest BCUT2D eigenvalue weighted by molar-refractivity contribution is 0.397. The number of rotatable bonds is 7. The fourth-order valence-corrected chi connectivity index (χ4v) is 2.00. The summed E-state index contributed by atoms with van der Waals surface area (Å²) < 4.78 is 5.04. The summed E-state index contributed by atoms with van der Waals surface area (Å²) in [6, 6.07) is 3.79. The number of anilines is 2. The lowest BCUT2D eigenvalue weighted by Gasteiger charge is -2.13. The molecule has 0 aliphatic carbocycles. The van der Waals surface area contributed by atoms with Crippen molar-refractivity contribution in [2.75, 3.05) is 17.9 Å². The van der Waals surface area contributed by atoms with Crippen molar-refractivity contribution in [3.63, 3.8) is 0 Å². The van der Waals surface area contributed by atoms with E-state index in [4.69, 9.17) is 10.6 Å². The standard InChI is InChI=1S/C14H20N6O/c1-3-4-11-13(18-9-19-14(11)20-15)17-8-10-5-6-12(21-2)16-7-10/h5-7,9H,3-4,8,15H2,1-2H3,(H2,17,18,19,20). The summed E-state index contributed by atoms with van der Waals surface area (Å²) in [4.78, 5) is 12.6. The molecule has 4 N–H and O–H groups in total. The predicted octanol–water partition coefficient (Wildman–Crippen LogP) is 1.73. The monoisotopic (exact) mass is 288 g/mol. The number of pyridine rings is 1. The molecule has 7 nitrogen and oxygen atoms in total. The first-order chi connectivity index (χ1) is 10.3. The molecule has 0 unspecified atom stereocenters. The second-order valence-electron chi connectivity index (χ2n) is 4.51. The van der Waals surface area contributed by atoms with Crippen LogP contribution in [0.25, 0.3) is 0 Å². The molecule has 0 saturated carbocycles. The van der Waals surface area contributed by atoms with E-state index in [1.165, 1.54) is 6.33 Å². The van der Waals surface area contributed by atoms with Gasteiger partial charge in [0.15, 0.2) is 0 Å². The van der Waals surface area contributed by atoms with Crippen LogP contribution >= 0.6 is 0 Å². The van der Waals surface area contributed by atoms with E-state index in [9.17, 15) is 0 Å². The van der Waals surface area contributed by atoms with Gasteiger partial charge < -0.3 is 15.5 Å². The lowest BCUT2D eigenvalue weighted by atomic mass is 10.1. The molecule has 0 amide bonds. The van der Waals surface area contributed by atoms with Crippen molar-refractivity contribution in [3.8, 4) is 5.88 Å². The van der Waals surface area contributed by atoms with Crippen molar-refractivity contribution in [1.82, 2.24) is 15.0 Å². The van der Waals surface area contributed by atoms with Crippen LogP contribution in [0.4, 0.5) is 11.6 Å². The number of nitrogens with two attached hydrogens (primary N) is 1. The highest BCUT2D eigenvalue weighted by molar-refractivity contribution is 5.57. The molecule has 2 heterocycles. The number of nitrogens with zero attached hydrogens (tertiary/aromatic N) is 3. The van der Waals surface area contributed by atoms with Crippen molar-refractivity contribution in [2.45, 2.75) is 26.3 Å². The number of aromatic nitrogens is 3. The molecule has 0 aliphatic heterocycles. The molecular weight excluding hydrogens is 268 g/mol. The highest BCUT2D eigenvalue weighted by Crippen LogP contribution is 2.21. The summed E-state index contributed by atoms with van der Waals surface area (Å²) in [6.07, 6.45) is 5.10. The van der Waals surface area contributed by atoms with Crippen LogP contribution in [0.15, 0.2) is 24.7 Å². The summed E-state index contributed by atoms with van der Waals surface area (Å²) in [7, 11) is 1.60. The Labute approximate surface area is 123 Å². The number of hydrogen-bond donors (Lipinski definition) is 3. The van der Waals surface area contributed by atoms with Crippen molar-refractivity contribution >= 4 is 11.6 Å². The zero-order chi connectivity index (χ0) is 15.1. The van der Waals surface area contributed by atoms with Gasteiger partial charge in [-0.3, -0.25) is 0 Å². The number of nitrogen functional groups attached to an aromatic ring is 1. The van der Waals surface area contributed by atoms with E-state index < -0.39 is 0 Å². The van der Waals surface area contributed by atoms with Crippen LogP contribution in [-0.2, 0) is 13.0 Å². The van der Waals surface area contributed by atoms with Gasteiger partial charge in [0.25, 0.3) is 0 Å². The quantitative estimate of drug-likeness (QED) is 0.527. The first-order valence-corrected chi connectivity index (χ1v) is 6.81. The average Bonchev–Trinajstić information content (AvgIpc) is 2.54. The molecular formula is C14H20N6O. The Bertz CT molecular complexity index is 572. The molecule has 0 atom stereocenters. The Balaban J connectivity index is 2.11. The summed E-state index contributed by atoms with van der Waals surface area (Å²) in [5, 5.41) is 3.30. The smallest absolute Gasteiger partial charge is 0.212 e. The van der Waals surface area contributed by atoms with Gasteiger partial charge in [0, 0.05) is 24.4 Å². The summed E-state index contributed by atoms with van der Waals surface area (Å²) in [5.74, 6) is 7.54. The first-order valence-electron chi connectivity index (χ1n) is 6.81. The third-order valence-electron chi connectivity index (χ3n) is 3.05. The minimum absolute atomic E-state index is 0.599. The van der Waals surface area contributed by atoms with Crippen LogP contribution in [0.1, 0.15) is 24.5 Å². The molecule has 2 aromatic rings. The third kappa shape index (κ3) is 3.79. The van der Waals surface area contributed by atoms with Gasteiger partial charge in [0.1, 0.15) is 18.0 Å². The molecule has 2 rings (SSSR count). The SMILES string of the molecule is CCCc1c(NN)ncnc1NCc1ccc(OC)nc1. The van der Waals surface area contributed by atoms with Crippen LogP contribution < -0.4 is 21.3 Å². The van der Waals surface area contributed by atoms with Crippen molar-refractivity contribution < 1.29 is 4.74 Å². The van der Waals surface area contributed by atoms with E-state index in [1.54, 1.807) is 13.3 Å². The minimum atomic E-state index is 0.599. The highest BCUT2D eigenvalue weighted by atomic mass is 16.5. The topological polar surface area (TPSA) is 98.0 Å². The van der Waals surface area contributed by atoms with Gasteiger partial charge in [-0.2, -0.15) is 0 Å². The van der Waals surface area contributed by atoms with Crippen LogP contribution in [-0.4, -0.2) is 22.1 Å². The fraction of sp³-hybridized carbons (Fsp3) is 0.357. The van der Waals surface area contributed by atoms with E-state index in [-0.39, 0.29) is 0 Å². The maximum absolute atomic E-state index is 5.50. The average molecular weight is 288 g/mol. The van der Waals surface area contributed by atoms with E-state index in [0.717, 1.165) is 29.8 Å². The van der Waals surface area contributed by atoms with Gasteiger partial charge in [-0.25, -0.2) is 20.8 Å². The normalized spacial score (nSPS) is 10.2.